The van der Waals surface area contributed by atoms with Crippen molar-refractivity contribution in [3.63, 3.8) is 0 Å². The van der Waals surface area contributed by atoms with Gasteiger partial charge in [0.05, 0.1) is 26.6 Å². The molecule has 0 aliphatic heterocycles. The van der Waals surface area contributed by atoms with E-state index in [2.05, 4.69) is 4.74 Å². The number of carbonyl (C=O) groups excluding carboxylic acids is 3. The average Bonchev–Trinajstić information content (AvgIpc) is 2.51. The Balaban J connectivity index is 2.84. The third kappa shape index (κ3) is 2.48. The van der Waals surface area contributed by atoms with Crippen LogP contribution >= 0.6 is 0 Å². The van der Waals surface area contributed by atoms with Crippen LogP contribution < -0.4 is 0 Å². The largest absolute Gasteiger partial charge is 0.469 e. The molecule has 1 fully saturated rings. The summed E-state index contributed by atoms with van der Waals surface area (Å²) in [6.45, 7) is 3.43. The zero-order valence-corrected chi connectivity index (χ0v) is 10.6. The van der Waals surface area contributed by atoms with E-state index in [-0.39, 0.29) is 12.2 Å². The molecule has 0 saturated heterocycles. The van der Waals surface area contributed by atoms with E-state index in [1.54, 1.807) is 13.8 Å². The summed E-state index contributed by atoms with van der Waals surface area (Å²) in [5, 5.41) is 0. The molecular formula is C12H18O5. The molecule has 0 aromatic carbocycles. The summed E-state index contributed by atoms with van der Waals surface area (Å²) in [5.41, 5.74) is -0.772. The Morgan fingerprint density at radius 2 is 1.88 bits per heavy atom. The second-order valence-corrected chi connectivity index (χ2v) is 4.87. The SMILES string of the molecule is COC(=O)CC1CC(C(=O)OC)C(C)(C)C1=O. The van der Waals surface area contributed by atoms with Gasteiger partial charge in [-0.1, -0.05) is 13.8 Å². The maximum Gasteiger partial charge on any atom is 0.309 e. The van der Waals surface area contributed by atoms with Crippen molar-refractivity contribution in [3.8, 4) is 0 Å². The summed E-state index contributed by atoms with van der Waals surface area (Å²) in [4.78, 5) is 34.9. The zero-order valence-electron chi connectivity index (χ0n) is 10.6. The molecule has 0 amide bonds. The highest BCUT2D eigenvalue weighted by molar-refractivity contribution is 5.96. The fraction of sp³-hybridized carbons (Fsp3) is 0.750. The predicted octanol–water partition coefficient (Wildman–Crippen LogP) is 0.954. The Morgan fingerprint density at radius 1 is 1.29 bits per heavy atom. The fourth-order valence-electron chi connectivity index (χ4n) is 2.38. The normalized spacial score (nSPS) is 26.7. The minimum Gasteiger partial charge on any atom is -0.469 e. The van der Waals surface area contributed by atoms with Gasteiger partial charge in [-0.2, -0.15) is 0 Å². The van der Waals surface area contributed by atoms with Crippen LogP contribution in [-0.4, -0.2) is 31.9 Å². The van der Waals surface area contributed by atoms with E-state index in [4.69, 9.17) is 4.74 Å². The summed E-state index contributed by atoms with van der Waals surface area (Å²) in [6.07, 6.45) is 0.389. The molecule has 0 aromatic rings. The highest BCUT2D eigenvalue weighted by Crippen LogP contribution is 2.44. The van der Waals surface area contributed by atoms with Gasteiger partial charge in [-0.05, 0) is 6.42 Å². The molecule has 96 valence electrons. The van der Waals surface area contributed by atoms with Crippen molar-refractivity contribution in [1.82, 2.24) is 0 Å². The number of ketones is 1. The van der Waals surface area contributed by atoms with Crippen molar-refractivity contribution in [3.05, 3.63) is 0 Å². The topological polar surface area (TPSA) is 69.7 Å². The molecule has 1 aliphatic carbocycles. The molecule has 5 nitrogen and oxygen atoms in total. The lowest BCUT2D eigenvalue weighted by molar-refractivity contribution is -0.150. The Bertz CT molecular complexity index is 345. The Kier molecular flexibility index (Phi) is 3.91. The Morgan fingerprint density at radius 3 is 2.35 bits per heavy atom. The van der Waals surface area contributed by atoms with Crippen LogP contribution in [-0.2, 0) is 23.9 Å². The highest BCUT2D eigenvalue weighted by atomic mass is 16.5. The van der Waals surface area contributed by atoms with Crippen molar-refractivity contribution in [1.29, 1.82) is 0 Å². The number of Topliss-reactive ketones (excluding diaryl/α,β-unsaturated/α-hetero) is 1. The van der Waals surface area contributed by atoms with Gasteiger partial charge in [0.15, 0.2) is 0 Å². The average molecular weight is 242 g/mol. The van der Waals surface area contributed by atoms with E-state index in [1.807, 2.05) is 0 Å². The van der Waals surface area contributed by atoms with Gasteiger partial charge >= 0.3 is 11.9 Å². The van der Waals surface area contributed by atoms with Crippen molar-refractivity contribution < 1.29 is 23.9 Å². The summed E-state index contributed by atoms with van der Waals surface area (Å²) >= 11 is 0. The Hall–Kier alpha value is -1.39. The number of ether oxygens (including phenoxy) is 2. The molecular weight excluding hydrogens is 224 g/mol. The summed E-state index contributed by atoms with van der Waals surface area (Å²) < 4.78 is 9.23. The van der Waals surface area contributed by atoms with Crippen LogP contribution in [0.1, 0.15) is 26.7 Å². The number of rotatable bonds is 3. The van der Waals surface area contributed by atoms with E-state index in [0.717, 1.165) is 0 Å². The first-order valence-corrected chi connectivity index (χ1v) is 5.53. The van der Waals surface area contributed by atoms with Crippen LogP contribution in [0.3, 0.4) is 0 Å². The monoisotopic (exact) mass is 242 g/mol. The van der Waals surface area contributed by atoms with E-state index in [0.29, 0.717) is 6.42 Å². The fourth-order valence-corrected chi connectivity index (χ4v) is 2.38. The molecule has 0 N–H and O–H groups in total. The van der Waals surface area contributed by atoms with Gasteiger partial charge in [-0.3, -0.25) is 14.4 Å². The predicted molar refractivity (Wildman–Crippen MR) is 59.0 cm³/mol. The third-order valence-electron chi connectivity index (χ3n) is 3.52. The minimum absolute atomic E-state index is 0.0340. The maximum atomic E-state index is 12.1. The van der Waals surface area contributed by atoms with Crippen LogP contribution in [0, 0.1) is 17.3 Å². The summed E-state index contributed by atoms with van der Waals surface area (Å²) in [7, 11) is 2.58. The number of carbonyl (C=O) groups is 3. The van der Waals surface area contributed by atoms with Gasteiger partial charge in [0.1, 0.15) is 5.78 Å². The van der Waals surface area contributed by atoms with Gasteiger partial charge < -0.3 is 9.47 Å². The van der Waals surface area contributed by atoms with Gasteiger partial charge in [0, 0.05) is 11.3 Å². The number of hydrogen-bond donors (Lipinski definition) is 0. The van der Waals surface area contributed by atoms with E-state index < -0.39 is 29.2 Å². The lowest BCUT2D eigenvalue weighted by Gasteiger charge is -2.22. The lowest BCUT2D eigenvalue weighted by atomic mass is 9.81. The maximum absolute atomic E-state index is 12.1. The molecule has 0 heterocycles. The van der Waals surface area contributed by atoms with Gasteiger partial charge in [-0.25, -0.2) is 0 Å². The first-order valence-electron chi connectivity index (χ1n) is 5.53. The highest BCUT2D eigenvalue weighted by Gasteiger charge is 2.52. The molecule has 2 unspecified atom stereocenters. The van der Waals surface area contributed by atoms with Crippen molar-refractivity contribution in [2.75, 3.05) is 14.2 Å². The molecule has 0 bridgehead atoms. The molecule has 0 radical (unpaired) electrons. The van der Waals surface area contributed by atoms with Crippen LogP contribution in [0.4, 0.5) is 0 Å². The van der Waals surface area contributed by atoms with Gasteiger partial charge in [0.2, 0.25) is 0 Å². The summed E-state index contributed by atoms with van der Waals surface area (Å²) in [6, 6.07) is 0. The standard InChI is InChI=1S/C12H18O5/c1-12(2)8(11(15)17-4)5-7(10(12)14)6-9(13)16-3/h7-8H,5-6H2,1-4H3. The van der Waals surface area contributed by atoms with Crippen molar-refractivity contribution in [2.24, 2.45) is 17.3 Å². The minimum atomic E-state index is -0.772. The van der Waals surface area contributed by atoms with Crippen molar-refractivity contribution in [2.45, 2.75) is 26.7 Å². The number of methoxy groups -OCH3 is 2. The van der Waals surface area contributed by atoms with Gasteiger partial charge in [0.25, 0.3) is 0 Å². The van der Waals surface area contributed by atoms with Gasteiger partial charge in [-0.15, -0.1) is 0 Å². The lowest BCUT2D eigenvalue weighted by Crippen LogP contribution is -2.32. The van der Waals surface area contributed by atoms with Crippen molar-refractivity contribution >= 4 is 17.7 Å². The third-order valence-corrected chi connectivity index (χ3v) is 3.52. The van der Waals surface area contributed by atoms with E-state index >= 15 is 0 Å². The second-order valence-electron chi connectivity index (χ2n) is 4.87. The van der Waals surface area contributed by atoms with Crippen LogP contribution in [0.25, 0.3) is 0 Å². The number of hydrogen-bond acceptors (Lipinski definition) is 5. The molecule has 1 rings (SSSR count). The first-order chi connectivity index (χ1) is 7.84. The van der Waals surface area contributed by atoms with Crippen LogP contribution in [0.15, 0.2) is 0 Å². The Labute approximate surface area is 100 Å². The molecule has 1 aliphatic rings. The summed E-state index contributed by atoms with van der Waals surface area (Å²) in [5.74, 6) is -1.81. The number of esters is 2. The van der Waals surface area contributed by atoms with E-state index in [1.165, 1.54) is 14.2 Å². The molecule has 5 heteroatoms. The van der Waals surface area contributed by atoms with Crippen LogP contribution in [0.2, 0.25) is 0 Å². The second kappa shape index (κ2) is 4.85. The molecule has 1 saturated carbocycles. The quantitative estimate of drug-likeness (QED) is 0.689. The molecule has 0 spiro atoms. The van der Waals surface area contributed by atoms with Crippen LogP contribution in [0.5, 0.6) is 0 Å². The molecule has 2 atom stereocenters. The first kappa shape index (κ1) is 13.7. The molecule has 17 heavy (non-hydrogen) atoms. The zero-order chi connectivity index (χ0) is 13.2. The van der Waals surface area contributed by atoms with E-state index in [9.17, 15) is 14.4 Å². The smallest absolute Gasteiger partial charge is 0.309 e. The molecule has 0 aromatic heterocycles.